The standard InChI is InChI=1S/C20H21ClF3N3O2/c1-12-2-9-18(25-11-12)29-15-6-3-13(4-7-15)26-19(28)27-14-5-8-17(21)16(10-14)20(22,23)24/h2,5,8-11,13,15H,3-4,6-7H2,1H3,(H2,26,27,28). The number of amides is 2. The molecule has 0 radical (unpaired) electrons. The van der Waals surface area contributed by atoms with Crippen molar-refractivity contribution in [3.63, 3.8) is 0 Å². The van der Waals surface area contributed by atoms with Crippen LogP contribution in [-0.2, 0) is 6.18 Å². The van der Waals surface area contributed by atoms with Gasteiger partial charge in [0.1, 0.15) is 6.10 Å². The summed E-state index contributed by atoms with van der Waals surface area (Å²) in [6.45, 7) is 1.95. The van der Waals surface area contributed by atoms with Gasteiger partial charge in [-0.3, -0.25) is 0 Å². The summed E-state index contributed by atoms with van der Waals surface area (Å²) in [6.07, 6.45) is 0.0942. The number of nitrogens with one attached hydrogen (secondary N) is 2. The number of ether oxygens (including phenoxy) is 1. The van der Waals surface area contributed by atoms with Gasteiger partial charge in [-0.15, -0.1) is 0 Å². The largest absolute Gasteiger partial charge is 0.474 e. The molecule has 1 saturated carbocycles. The third-order valence-electron chi connectivity index (χ3n) is 4.71. The molecule has 1 aromatic heterocycles. The van der Waals surface area contributed by atoms with Crippen molar-refractivity contribution in [2.24, 2.45) is 0 Å². The van der Waals surface area contributed by atoms with Crippen LogP contribution in [0.4, 0.5) is 23.7 Å². The van der Waals surface area contributed by atoms with Gasteiger partial charge < -0.3 is 15.4 Å². The first-order chi connectivity index (χ1) is 13.7. The molecule has 9 heteroatoms. The molecule has 0 aliphatic heterocycles. The molecule has 5 nitrogen and oxygen atoms in total. The van der Waals surface area contributed by atoms with Gasteiger partial charge in [0, 0.05) is 24.0 Å². The summed E-state index contributed by atoms with van der Waals surface area (Å²) >= 11 is 5.59. The van der Waals surface area contributed by atoms with Crippen molar-refractivity contribution in [1.82, 2.24) is 10.3 Å². The predicted molar refractivity (Wildman–Crippen MR) is 104 cm³/mol. The predicted octanol–water partition coefficient (Wildman–Crippen LogP) is 5.57. The molecule has 0 bridgehead atoms. The van der Waals surface area contributed by atoms with Crippen molar-refractivity contribution in [3.8, 4) is 5.88 Å². The number of carbonyl (C=O) groups excluding carboxylic acids is 1. The molecule has 1 aromatic carbocycles. The zero-order chi connectivity index (χ0) is 21.0. The van der Waals surface area contributed by atoms with E-state index in [1.165, 1.54) is 6.07 Å². The molecule has 0 atom stereocenters. The van der Waals surface area contributed by atoms with Crippen LogP contribution in [0, 0.1) is 6.92 Å². The molecule has 0 spiro atoms. The SMILES string of the molecule is Cc1ccc(OC2CCC(NC(=O)Nc3ccc(Cl)c(C(F)(F)F)c3)CC2)nc1. The van der Waals surface area contributed by atoms with E-state index >= 15 is 0 Å². The van der Waals surface area contributed by atoms with Crippen LogP contribution in [0.5, 0.6) is 5.88 Å². The van der Waals surface area contributed by atoms with Crippen LogP contribution in [0.2, 0.25) is 5.02 Å². The number of nitrogens with zero attached hydrogens (tertiary/aromatic N) is 1. The summed E-state index contributed by atoms with van der Waals surface area (Å²) in [6, 6.07) is 6.40. The lowest BCUT2D eigenvalue weighted by atomic mass is 9.93. The Balaban J connectivity index is 1.48. The van der Waals surface area contributed by atoms with E-state index in [0.29, 0.717) is 18.7 Å². The van der Waals surface area contributed by atoms with Crippen LogP contribution in [0.3, 0.4) is 0 Å². The second kappa shape index (κ2) is 8.90. The Morgan fingerprint density at radius 3 is 2.52 bits per heavy atom. The van der Waals surface area contributed by atoms with E-state index in [9.17, 15) is 18.0 Å². The van der Waals surface area contributed by atoms with Crippen LogP contribution >= 0.6 is 11.6 Å². The van der Waals surface area contributed by atoms with E-state index in [1.54, 1.807) is 6.20 Å². The number of urea groups is 1. The highest BCUT2D eigenvalue weighted by atomic mass is 35.5. The van der Waals surface area contributed by atoms with Gasteiger partial charge in [0.25, 0.3) is 0 Å². The maximum absolute atomic E-state index is 12.9. The number of rotatable bonds is 4. The van der Waals surface area contributed by atoms with Gasteiger partial charge in [-0.1, -0.05) is 17.7 Å². The van der Waals surface area contributed by atoms with Gasteiger partial charge in [-0.2, -0.15) is 13.2 Å². The summed E-state index contributed by atoms with van der Waals surface area (Å²) < 4.78 is 44.6. The topological polar surface area (TPSA) is 63.2 Å². The zero-order valence-corrected chi connectivity index (χ0v) is 16.5. The van der Waals surface area contributed by atoms with Crippen molar-refractivity contribution in [1.29, 1.82) is 0 Å². The number of hydrogen-bond acceptors (Lipinski definition) is 3. The van der Waals surface area contributed by atoms with Gasteiger partial charge in [0.2, 0.25) is 5.88 Å². The average molecular weight is 428 g/mol. The van der Waals surface area contributed by atoms with Crippen LogP contribution in [0.15, 0.2) is 36.5 Å². The zero-order valence-electron chi connectivity index (χ0n) is 15.7. The second-order valence-electron chi connectivity index (χ2n) is 7.06. The van der Waals surface area contributed by atoms with Crippen LogP contribution in [0.1, 0.15) is 36.8 Å². The van der Waals surface area contributed by atoms with Crippen molar-refractivity contribution in [2.45, 2.75) is 50.9 Å². The average Bonchev–Trinajstić information content (AvgIpc) is 2.66. The Morgan fingerprint density at radius 1 is 1.17 bits per heavy atom. The Morgan fingerprint density at radius 2 is 1.90 bits per heavy atom. The molecule has 2 aromatic rings. The van der Waals surface area contributed by atoms with Crippen molar-refractivity contribution < 1.29 is 22.7 Å². The van der Waals surface area contributed by atoms with Gasteiger partial charge in [0.05, 0.1) is 10.6 Å². The lowest BCUT2D eigenvalue weighted by molar-refractivity contribution is -0.137. The Kier molecular flexibility index (Phi) is 6.52. The molecule has 1 fully saturated rings. The molecule has 0 unspecified atom stereocenters. The minimum atomic E-state index is -4.59. The minimum absolute atomic E-state index is 0.0249. The fourth-order valence-corrected chi connectivity index (χ4v) is 3.42. The smallest absolute Gasteiger partial charge is 0.417 e. The van der Waals surface area contributed by atoms with Crippen molar-refractivity contribution in [3.05, 3.63) is 52.7 Å². The van der Waals surface area contributed by atoms with Crippen LogP contribution in [-0.4, -0.2) is 23.2 Å². The Bertz CT molecular complexity index is 851. The summed E-state index contributed by atoms with van der Waals surface area (Å²) in [5.41, 5.74) is 0.0975. The molecular formula is C20H21ClF3N3O2. The number of aryl methyl sites for hydroxylation is 1. The van der Waals surface area contributed by atoms with Crippen LogP contribution < -0.4 is 15.4 Å². The number of carbonyl (C=O) groups is 1. The molecule has 29 heavy (non-hydrogen) atoms. The molecule has 0 saturated heterocycles. The number of aromatic nitrogens is 1. The first-order valence-corrected chi connectivity index (χ1v) is 9.62. The quantitative estimate of drug-likeness (QED) is 0.670. The minimum Gasteiger partial charge on any atom is -0.474 e. The molecule has 1 heterocycles. The summed E-state index contributed by atoms with van der Waals surface area (Å²) in [5.74, 6) is 0.577. The highest BCUT2D eigenvalue weighted by Crippen LogP contribution is 2.36. The molecule has 3 rings (SSSR count). The van der Waals surface area contributed by atoms with Gasteiger partial charge in [0.15, 0.2) is 0 Å². The Labute approximate surface area is 171 Å². The van der Waals surface area contributed by atoms with E-state index in [1.807, 2.05) is 19.1 Å². The monoisotopic (exact) mass is 427 g/mol. The summed E-state index contributed by atoms with van der Waals surface area (Å²) in [5, 5.41) is 4.82. The molecule has 2 N–H and O–H groups in total. The second-order valence-corrected chi connectivity index (χ2v) is 7.46. The van der Waals surface area contributed by atoms with Gasteiger partial charge in [-0.05, 0) is 56.4 Å². The third-order valence-corrected chi connectivity index (χ3v) is 5.04. The van der Waals surface area contributed by atoms with Crippen molar-refractivity contribution >= 4 is 23.3 Å². The highest BCUT2D eigenvalue weighted by molar-refractivity contribution is 6.31. The number of alkyl halides is 3. The maximum Gasteiger partial charge on any atom is 0.417 e. The normalized spacial score (nSPS) is 19.5. The summed E-state index contributed by atoms with van der Waals surface area (Å²) in [4.78, 5) is 16.4. The fourth-order valence-electron chi connectivity index (χ4n) is 3.19. The number of benzene rings is 1. The third kappa shape index (κ3) is 6.00. The maximum atomic E-state index is 12.9. The van der Waals surface area contributed by atoms with E-state index in [0.717, 1.165) is 30.5 Å². The first kappa shape index (κ1) is 21.2. The first-order valence-electron chi connectivity index (χ1n) is 9.24. The molecule has 1 aliphatic rings. The number of anilines is 1. The Hall–Kier alpha value is -2.48. The van der Waals surface area contributed by atoms with Gasteiger partial charge >= 0.3 is 12.2 Å². The van der Waals surface area contributed by atoms with Crippen LogP contribution in [0.25, 0.3) is 0 Å². The van der Waals surface area contributed by atoms with E-state index in [4.69, 9.17) is 16.3 Å². The molecule has 156 valence electrons. The van der Waals surface area contributed by atoms with Crippen molar-refractivity contribution in [2.75, 3.05) is 5.32 Å². The molecular weight excluding hydrogens is 407 g/mol. The molecule has 1 aliphatic carbocycles. The highest BCUT2D eigenvalue weighted by Gasteiger charge is 2.33. The summed E-state index contributed by atoms with van der Waals surface area (Å²) in [7, 11) is 0. The fraction of sp³-hybridized carbons (Fsp3) is 0.400. The lowest BCUT2D eigenvalue weighted by Gasteiger charge is -2.29. The molecule has 2 amide bonds. The van der Waals surface area contributed by atoms with E-state index < -0.39 is 22.8 Å². The van der Waals surface area contributed by atoms with Gasteiger partial charge in [-0.25, -0.2) is 9.78 Å². The number of pyridine rings is 1. The number of halogens is 4. The van der Waals surface area contributed by atoms with E-state index in [2.05, 4.69) is 15.6 Å². The van der Waals surface area contributed by atoms with E-state index in [-0.39, 0.29) is 17.8 Å². The number of hydrogen-bond donors (Lipinski definition) is 2. The lowest BCUT2D eigenvalue weighted by Crippen LogP contribution is -2.41.